The standard InChI is InChI=1S/C24H21N3O4/c1-15(2)27-23(29)19-12-6-5-11-18(19)22(26-27)24(30)31-14-21(28)25-20-13-7-9-16-8-3-4-10-17(16)20/h3-13,15H,14H2,1-2H3,(H,25,28). The minimum absolute atomic E-state index is 0.00172. The van der Waals surface area contributed by atoms with Gasteiger partial charge in [0, 0.05) is 16.5 Å². The lowest BCUT2D eigenvalue weighted by Crippen LogP contribution is -2.28. The molecule has 3 aromatic carbocycles. The Morgan fingerprint density at radius 2 is 1.58 bits per heavy atom. The summed E-state index contributed by atoms with van der Waals surface area (Å²) in [5.74, 6) is -1.23. The van der Waals surface area contributed by atoms with Crippen LogP contribution in [0.5, 0.6) is 0 Å². The minimum atomic E-state index is -0.765. The van der Waals surface area contributed by atoms with Crippen molar-refractivity contribution >= 4 is 39.1 Å². The number of nitrogens with one attached hydrogen (secondary N) is 1. The van der Waals surface area contributed by atoms with Gasteiger partial charge in [0.05, 0.1) is 11.4 Å². The van der Waals surface area contributed by atoms with Gasteiger partial charge >= 0.3 is 5.97 Å². The normalized spacial score (nSPS) is 11.1. The first-order chi connectivity index (χ1) is 15.0. The number of fused-ring (bicyclic) bond motifs is 2. The van der Waals surface area contributed by atoms with Crippen molar-refractivity contribution in [3.8, 4) is 0 Å². The molecule has 0 unspecified atom stereocenters. The van der Waals surface area contributed by atoms with Gasteiger partial charge in [0.2, 0.25) is 0 Å². The van der Waals surface area contributed by atoms with E-state index in [1.54, 1.807) is 44.2 Å². The van der Waals surface area contributed by atoms with Crippen molar-refractivity contribution in [2.75, 3.05) is 11.9 Å². The van der Waals surface area contributed by atoms with Gasteiger partial charge in [0.1, 0.15) is 0 Å². The predicted octanol–water partition coefficient (Wildman–Crippen LogP) is 3.93. The molecule has 1 amide bonds. The maximum Gasteiger partial charge on any atom is 0.359 e. The third kappa shape index (κ3) is 4.02. The Bertz CT molecular complexity index is 1350. The van der Waals surface area contributed by atoms with Crippen LogP contribution in [0.25, 0.3) is 21.5 Å². The van der Waals surface area contributed by atoms with Crippen molar-refractivity contribution in [2.45, 2.75) is 19.9 Å². The summed E-state index contributed by atoms with van der Waals surface area (Å²) in [6.45, 7) is 3.13. The van der Waals surface area contributed by atoms with E-state index in [-0.39, 0.29) is 17.3 Å². The molecule has 7 heteroatoms. The molecular formula is C24H21N3O4. The van der Waals surface area contributed by atoms with Crippen LogP contribution >= 0.6 is 0 Å². The number of carbonyl (C=O) groups excluding carboxylic acids is 2. The van der Waals surface area contributed by atoms with E-state index < -0.39 is 18.5 Å². The van der Waals surface area contributed by atoms with E-state index >= 15 is 0 Å². The number of anilines is 1. The number of hydrogen-bond donors (Lipinski definition) is 1. The van der Waals surface area contributed by atoms with Gasteiger partial charge in [0.25, 0.3) is 11.5 Å². The number of ether oxygens (including phenoxy) is 1. The largest absolute Gasteiger partial charge is 0.451 e. The van der Waals surface area contributed by atoms with Crippen LogP contribution in [-0.2, 0) is 9.53 Å². The summed E-state index contributed by atoms with van der Waals surface area (Å²) in [7, 11) is 0. The molecule has 0 bridgehead atoms. The van der Waals surface area contributed by atoms with Crippen molar-refractivity contribution in [2.24, 2.45) is 0 Å². The van der Waals surface area contributed by atoms with Crippen LogP contribution in [0, 0.1) is 0 Å². The molecule has 7 nitrogen and oxygen atoms in total. The van der Waals surface area contributed by atoms with E-state index in [0.717, 1.165) is 10.8 Å². The highest BCUT2D eigenvalue weighted by molar-refractivity contribution is 6.05. The first-order valence-electron chi connectivity index (χ1n) is 9.92. The molecule has 0 aliphatic rings. The summed E-state index contributed by atoms with van der Waals surface area (Å²) in [5.41, 5.74) is 0.355. The second-order valence-electron chi connectivity index (χ2n) is 7.39. The fraction of sp³-hybridized carbons (Fsp3) is 0.167. The lowest BCUT2D eigenvalue weighted by Gasteiger charge is -2.13. The zero-order chi connectivity index (χ0) is 22.0. The van der Waals surface area contributed by atoms with E-state index in [2.05, 4.69) is 10.4 Å². The number of amides is 1. The lowest BCUT2D eigenvalue weighted by atomic mass is 10.1. The fourth-order valence-electron chi connectivity index (χ4n) is 3.43. The highest BCUT2D eigenvalue weighted by atomic mass is 16.5. The molecule has 156 valence electrons. The lowest BCUT2D eigenvalue weighted by molar-refractivity contribution is -0.119. The van der Waals surface area contributed by atoms with Crippen molar-refractivity contribution in [1.29, 1.82) is 0 Å². The summed E-state index contributed by atoms with van der Waals surface area (Å²) in [6.07, 6.45) is 0. The summed E-state index contributed by atoms with van der Waals surface area (Å²) in [4.78, 5) is 37.8. The Morgan fingerprint density at radius 3 is 2.32 bits per heavy atom. The van der Waals surface area contributed by atoms with Crippen LogP contribution in [0.4, 0.5) is 5.69 Å². The average Bonchev–Trinajstić information content (AvgIpc) is 2.78. The molecule has 0 radical (unpaired) electrons. The van der Waals surface area contributed by atoms with Gasteiger partial charge in [-0.3, -0.25) is 9.59 Å². The maximum absolute atomic E-state index is 12.7. The van der Waals surface area contributed by atoms with Crippen LogP contribution in [0.15, 0.2) is 71.5 Å². The van der Waals surface area contributed by atoms with Gasteiger partial charge in [-0.1, -0.05) is 54.6 Å². The zero-order valence-electron chi connectivity index (χ0n) is 17.2. The van der Waals surface area contributed by atoms with Crippen LogP contribution < -0.4 is 10.9 Å². The number of nitrogens with zero attached hydrogens (tertiary/aromatic N) is 2. The molecule has 0 saturated carbocycles. The van der Waals surface area contributed by atoms with Crippen LogP contribution in [0.2, 0.25) is 0 Å². The Kier molecular flexibility index (Phi) is 5.49. The molecule has 0 saturated heterocycles. The minimum Gasteiger partial charge on any atom is -0.451 e. The molecule has 1 N–H and O–H groups in total. The van der Waals surface area contributed by atoms with Crippen molar-refractivity contribution in [3.63, 3.8) is 0 Å². The van der Waals surface area contributed by atoms with Crippen molar-refractivity contribution < 1.29 is 14.3 Å². The van der Waals surface area contributed by atoms with E-state index in [4.69, 9.17) is 4.74 Å². The molecule has 1 heterocycles. The summed E-state index contributed by atoms with van der Waals surface area (Å²) >= 11 is 0. The Morgan fingerprint density at radius 1 is 0.935 bits per heavy atom. The molecular weight excluding hydrogens is 394 g/mol. The Hall–Kier alpha value is -4.00. The number of rotatable bonds is 5. The van der Waals surface area contributed by atoms with Gasteiger partial charge in [-0.2, -0.15) is 5.10 Å². The smallest absolute Gasteiger partial charge is 0.359 e. The molecule has 4 rings (SSSR count). The van der Waals surface area contributed by atoms with Crippen molar-refractivity contribution in [1.82, 2.24) is 9.78 Å². The van der Waals surface area contributed by atoms with E-state index in [9.17, 15) is 14.4 Å². The summed E-state index contributed by atoms with van der Waals surface area (Å²) < 4.78 is 6.47. The third-order valence-corrected chi connectivity index (χ3v) is 4.91. The Labute approximate surface area is 178 Å². The third-order valence-electron chi connectivity index (χ3n) is 4.91. The quantitative estimate of drug-likeness (QED) is 0.499. The van der Waals surface area contributed by atoms with E-state index in [0.29, 0.717) is 16.5 Å². The summed E-state index contributed by atoms with van der Waals surface area (Å²) in [6, 6.07) is 19.7. The monoisotopic (exact) mass is 415 g/mol. The second-order valence-corrected chi connectivity index (χ2v) is 7.39. The van der Waals surface area contributed by atoms with Crippen molar-refractivity contribution in [3.05, 3.63) is 82.8 Å². The first kappa shape index (κ1) is 20.3. The molecule has 0 aliphatic heterocycles. The van der Waals surface area contributed by atoms with Crippen LogP contribution in [0.1, 0.15) is 30.4 Å². The zero-order valence-corrected chi connectivity index (χ0v) is 17.2. The first-order valence-corrected chi connectivity index (χ1v) is 9.92. The van der Waals surface area contributed by atoms with Gasteiger partial charge in [-0.25, -0.2) is 9.48 Å². The van der Waals surface area contributed by atoms with E-state index in [1.807, 2.05) is 36.4 Å². The molecule has 0 atom stereocenters. The second kappa shape index (κ2) is 8.39. The molecule has 0 spiro atoms. The molecule has 4 aromatic rings. The number of esters is 1. The van der Waals surface area contributed by atoms with Gasteiger partial charge in [-0.05, 0) is 31.4 Å². The number of aromatic nitrogens is 2. The average molecular weight is 415 g/mol. The fourth-order valence-corrected chi connectivity index (χ4v) is 3.43. The van der Waals surface area contributed by atoms with E-state index in [1.165, 1.54) is 4.68 Å². The van der Waals surface area contributed by atoms with Gasteiger partial charge in [-0.15, -0.1) is 0 Å². The van der Waals surface area contributed by atoms with Crippen LogP contribution in [0.3, 0.4) is 0 Å². The number of benzene rings is 3. The molecule has 0 aliphatic carbocycles. The molecule has 0 fully saturated rings. The van der Waals surface area contributed by atoms with Gasteiger partial charge < -0.3 is 10.1 Å². The predicted molar refractivity (Wildman–Crippen MR) is 119 cm³/mol. The molecule has 1 aromatic heterocycles. The highest BCUT2D eigenvalue weighted by Gasteiger charge is 2.20. The Balaban J connectivity index is 1.55. The SMILES string of the molecule is CC(C)n1nc(C(=O)OCC(=O)Nc2cccc3ccccc23)c2ccccc2c1=O. The summed E-state index contributed by atoms with van der Waals surface area (Å²) in [5, 5.41) is 9.62. The topological polar surface area (TPSA) is 90.3 Å². The number of hydrogen-bond acceptors (Lipinski definition) is 5. The van der Waals surface area contributed by atoms with Crippen LogP contribution in [-0.4, -0.2) is 28.3 Å². The van der Waals surface area contributed by atoms with Gasteiger partial charge in [0.15, 0.2) is 12.3 Å². The number of carbonyl (C=O) groups is 2. The maximum atomic E-state index is 12.7. The highest BCUT2D eigenvalue weighted by Crippen LogP contribution is 2.23. The molecule has 31 heavy (non-hydrogen) atoms.